The van der Waals surface area contributed by atoms with E-state index in [1.165, 1.54) is 25.5 Å². The van der Waals surface area contributed by atoms with Gasteiger partial charge in [0.05, 0.1) is 36.5 Å². The highest BCUT2D eigenvalue weighted by Gasteiger charge is 2.19. The summed E-state index contributed by atoms with van der Waals surface area (Å²) in [7, 11) is 1.47. The van der Waals surface area contributed by atoms with Gasteiger partial charge in [0.1, 0.15) is 0 Å². The molecule has 0 amide bonds. The molecule has 1 aromatic heterocycles. The Morgan fingerprint density at radius 2 is 2.24 bits per heavy atom. The zero-order chi connectivity index (χ0) is 18.2. The molecular formula is C14H19N7O4. The molecule has 0 saturated heterocycles. The van der Waals surface area contributed by atoms with Crippen LogP contribution < -0.4 is 14.9 Å². The maximum atomic E-state index is 11.3. The van der Waals surface area contributed by atoms with E-state index in [1.54, 1.807) is 0 Å². The van der Waals surface area contributed by atoms with Crippen LogP contribution in [0.2, 0.25) is 0 Å². The Kier molecular flexibility index (Phi) is 6.20. The number of anilines is 1. The lowest BCUT2D eigenvalue weighted by atomic mass is 10.1. The smallest absolute Gasteiger partial charge is 0.283 e. The van der Waals surface area contributed by atoms with Gasteiger partial charge in [-0.3, -0.25) is 10.1 Å². The summed E-state index contributed by atoms with van der Waals surface area (Å²) in [5.74, 6) is 1.30. The summed E-state index contributed by atoms with van der Waals surface area (Å²) in [6, 6.07) is 2.82. The van der Waals surface area contributed by atoms with Gasteiger partial charge in [0, 0.05) is 0 Å². The molecule has 0 radical (unpaired) electrons. The van der Waals surface area contributed by atoms with E-state index in [1.807, 2.05) is 0 Å². The molecule has 0 fully saturated rings. The van der Waals surface area contributed by atoms with Crippen LogP contribution in [-0.2, 0) is 0 Å². The summed E-state index contributed by atoms with van der Waals surface area (Å²) >= 11 is 0. The van der Waals surface area contributed by atoms with Gasteiger partial charge in [0.15, 0.2) is 11.5 Å². The van der Waals surface area contributed by atoms with Crippen LogP contribution in [0.15, 0.2) is 17.2 Å². The lowest BCUT2D eigenvalue weighted by Gasteiger charge is -2.12. The van der Waals surface area contributed by atoms with Crippen molar-refractivity contribution in [3.05, 3.63) is 27.8 Å². The highest BCUT2D eigenvalue weighted by atomic mass is 16.6. The van der Waals surface area contributed by atoms with Crippen molar-refractivity contribution >= 4 is 17.9 Å². The molecule has 11 nitrogen and oxygen atoms in total. The van der Waals surface area contributed by atoms with Crippen molar-refractivity contribution in [3.63, 3.8) is 0 Å². The number of ether oxygens (including phenoxy) is 2. The quantitative estimate of drug-likeness (QED) is 0.398. The molecule has 0 aliphatic rings. The highest BCUT2D eigenvalue weighted by molar-refractivity contribution is 5.87. The molecule has 0 saturated carbocycles. The number of benzene rings is 1. The van der Waals surface area contributed by atoms with E-state index in [2.05, 4.69) is 45.0 Å². The molecule has 0 spiro atoms. The molecule has 0 aliphatic carbocycles. The number of aromatic amines is 1. The zero-order valence-corrected chi connectivity index (χ0v) is 14.1. The van der Waals surface area contributed by atoms with E-state index in [0.717, 1.165) is 6.42 Å². The Bertz CT molecular complexity index is 731. The van der Waals surface area contributed by atoms with Crippen LogP contribution >= 0.6 is 0 Å². The summed E-state index contributed by atoms with van der Waals surface area (Å²) in [6.45, 7) is 4.58. The maximum Gasteiger partial charge on any atom is 0.283 e. The first kappa shape index (κ1) is 18.1. The Balaban J connectivity index is 2.22. The van der Waals surface area contributed by atoms with E-state index < -0.39 is 4.92 Å². The van der Waals surface area contributed by atoms with Crippen molar-refractivity contribution in [1.29, 1.82) is 0 Å². The fourth-order valence-electron chi connectivity index (χ4n) is 1.87. The fraction of sp³-hybridized carbons (Fsp3) is 0.429. The number of tetrazole rings is 1. The van der Waals surface area contributed by atoms with Crippen molar-refractivity contribution < 1.29 is 14.4 Å². The predicted molar refractivity (Wildman–Crippen MR) is 90.0 cm³/mol. The van der Waals surface area contributed by atoms with Crippen molar-refractivity contribution in [2.24, 2.45) is 11.0 Å². The summed E-state index contributed by atoms with van der Waals surface area (Å²) in [5, 5.41) is 28.1. The van der Waals surface area contributed by atoms with Crippen LogP contribution in [0.4, 0.5) is 11.6 Å². The van der Waals surface area contributed by atoms with Crippen molar-refractivity contribution in [2.45, 2.75) is 20.3 Å². The number of methoxy groups -OCH3 is 1. The number of H-pyrrole nitrogens is 1. The number of aromatic nitrogens is 4. The second-order valence-corrected chi connectivity index (χ2v) is 5.46. The third-order valence-electron chi connectivity index (χ3n) is 3.18. The van der Waals surface area contributed by atoms with E-state index in [4.69, 9.17) is 9.47 Å². The minimum absolute atomic E-state index is 0.138. The maximum absolute atomic E-state index is 11.3. The largest absolute Gasteiger partial charge is 0.493 e. The molecule has 134 valence electrons. The van der Waals surface area contributed by atoms with Crippen LogP contribution in [-0.4, -0.2) is 45.5 Å². The lowest BCUT2D eigenvalue weighted by molar-refractivity contribution is -0.385. The zero-order valence-electron chi connectivity index (χ0n) is 14.1. The second kappa shape index (κ2) is 8.57. The van der Waals surface area contributed by atoms with Crippen LogP contribution in [0.3, 0.4) is 0 Å². The van der Waals surface area contributed by atoms with Gasteiger partial charge >= 0.3 is 0 Å². The van der Waals surface area contributed by atoms with Gasteiger partial charge in [-0.15, -0.1) is 5.10 Å². The van der Waals surface area contributed by atoms with Gasteiger partial charge in [-0.2, -0.15) is 10.3 Å². The molecule has 0 aliphatic heterocycles. The number of rotatable bonds is 9. The Morgan fingerprint density at radius 1 is 1.44 bits per heavy atom. The Morgan fingerprint density at radius 3 is 2.84 bits per heavy atom. The summed E-state index contributed by atoms with van der Waals surface area (Å²) in [4.78, 5) is 10.8. The van der Waals surface area contributed by atoms with Gasteiger partial charge in [-0.05, 0) is 23.6 Å². The number of hydrogen-bond donors (Lipinski definition) is 2. The Hall–Kier alpha value is -3.24. The van der Waals surface area contributed by atoms with Gasteiger partial charge in [0.2, 0.25) is 0 Å². The molecule has 1 aromatic carbocycles. The molecule has 25 heavy (non-hydrogen) atoms. The summed E-state index contributed by atoms with van der Waals surface area (Å²) < 4.78 is 10.9. The van der Waals surface area contributed by atoms with Crippen molar-refractivity contribution in [1.82, 2.24) is 20.6 Å². The molecule has 0 unspecified atom stereocenters. The average Bonchev–Trinajstić information content (AvgIpc) is 3.08. The van der Waals surface area contributed by atoms with Crippen LogP contribution in [0.5, 0.6) is 11.5 Å². The summed E-state index contributed by atoms with van der Waals surface area (Å²) in [5.41, 5.74) is 2.59. The first-order chi connectivity index (χ1) is 12.0. The second-order valence-electron chi connectivity index (χ2n) is 5.46. The topological polar surface area (TPSA) is 140 Å². The number of nitro benzene ring substituents is 1. The van der Waals surface area contributed by atoms with E-state index in [-0.39, 0.29) is 17.2 Å². The first-order valence-corrected chi connectivity index (χ1v) is 7.53. The van der Waals surface area contributed by atoms with Gasteiger partial charge in [0.25, 0.3) is 11.6 Å². The minimum atomic E-state index is -0.509. The first-order valence-electron chi connectivity index (χ1n) is 7.53. The molecule has 0 bridgehead atoms. The Labute approximate surface area is 143 Å². The van der Waals surface area contributed by atoms with Crippen molar-refractivity contribution in [3.8, 4) is 11.5 Å². The van der Waals surface area contributed by atoms with Gasteiger partial charge < -0.3 is 9.47 Å². The average molecular weight is 349 g/mol. The fourth-order valence-corrected chi connectivity index (χ4v) is 1.87. The summed E-state index contributed by atoms with van der Waals surface area (Å²) in [6.07, 6.45) is 2.10. The van der Waals surface area contributed by atoms with Crippen molar-refractivity contribution in [2.75, 3.05) is 19.1 Å². The minimum Gasteiger partial charge on any atom is -0.493 e. The van der Waals surface area contributed by atoms with E-state index >= 15 is 0 Å². The number of hydrogen-bond acceptors (Lipinski definition) is 9. The number of nitrogens with zero attached hydrogens (tertiary/aromatic N) is 5. The predicted octanol–water partition coefficient (Wildman–Crippen LogP) is 1.99. The molecule has 2 rings (SSSR count). The van der Waals surface area contributed by atoms with E-state index in [9.17, 15) is 10.1 Å². The number of hydrazone groups is 1. The van der Waals surface area contributed by atoms with Crippen LogP contribution in [0.25, 0.3) is 0 Å². The molecular weight excluding hydrogens is 330 g/mol. The molecule has 1 heterocycles. The monoisotopic (exact) mass is 349 g/mol. The lowest BCUT2D eigenvalue weighted by Crippen LogP contribution is -2.05. The third-order valence-corrected chi connectivity index (χ3v) is 3.18. The molecule has 11 heteroatoms. The molecule has 0 atom stereocenters. The molecule has 2 aromatic rings. The number of nitro groups is 1. The van der Waals surface area contributed by atoms with Crippen LogP contribution in [0, 0.1) is 16.0 Å². The SMILES string of the molecule is COc1cc(C=NNc2nn[nH]n2)c([N+](=O)[O-])cc1OCCC(C)C. The molecule has 2 N–H and O–H groups in total. The van der Waals surface area contributed by atoms with Gasteiger partial charge in [-0.1, -0.05) is 18.9 Å². The highest BCUT2D eigenvalue weighted by Crippen LogP contribution is 2.34. The van der Waals surface area contributed by atoms with Crippen LogP contribution in [0.1, 0.15) is 25.8 Å². The van der Waals surface area contributed by atoms with Gasteiger partial charge in [-0.25, -0.2) is 5.43 Å². The number of nitrogens with one attached hydrogen (secondary N) is 2. The third kappa shape index (κ3) is 5.12. The van der Waals surface area contributed by atoms with E-state index in [0.29, 0.717) is 24.0 Å². The standard InChI is InChI=1S/C14H19N7O4/c1-9(2)4-5-25-13-7-11(21(22)23)10(6-12(13)24-3)8-15-16-14-17-19-20-18-14/h6-9H,4-5H2,1-3H3,(H2,16,17,18,19,20). The normalized spacial score (nSPS) is 11.0.